The number of nitrogens with two attached hydrogens (primary N) is 1. The lowest BCUT2D eigenvalue weighted by Gasteiger charge is -2.18. The van der Waals surface area contributed by atoms with Crippen molar-refractivity contribution in [2.75, 3.05) is 17.6 Å². The van der Waals surface area contributed by atoms with Crippen LogP contribution in [0, 0.1) is 11.6 Å². The molecule has 2 amide bonds. The van der Waals surface area contributed by atoms with E-state index in [-0.39, 0.29) is 17.2 Å². The van der Waals surface area contributed by atoms with Crippen LogP contribution < -0.4 is 16.4 Å². The number of rotatable bonds is 5. The average Bonchev–Trinajstić information content (AvgIpc) is 3.02. The third-order valence-corrected chi connectivity index (χ3v) is 5.29. The summed E-state index contributed by atoms with van der Waals surface area (Å²) in [5.41, 5.74) is 6.98. The molecule has 0 atom stereocenters. The van der Waals surface area contributed by atoms with Crippen LogP contribution in [0.1, 0.15) is 32.0 Å². The topological polar surface area (TPSA) is 85.0 Å². The van der Waals surface area contributed by atoms with Gasteiger partial charge in [0.15, 0.2) is 5.82 Å². The van der Waals surface area contributed by atoms with E-state index in [0.29, 0.717) is 28.7 Å². The van der Waals surface area contributed by atoms with Crippen molar-refractivity contribution >= 4 is 40.7 Å². The Bertz CT molecular complexity index is 1160. The SMILES string of the molecule is CC(C)(C)c1nn(-c2cc(F)ccc2F)c(N)c1NC(=O)NCCc1ccc(Cl)cc1Cl. The van der Waals surface area contributed by atoms with Crippen LogP contribution in [0.15, 0.2) is 36.4 Å². The quantitative estimate of drug-likeness (QED) is 0.436. The van der Waals surface area contributed by atoms with Gasteiger partial charge in [0, 0.05) is 28.1 Å². The summed E-state index contributed by atoms with van der Waals surface area (Å²) in [5.74, 6) is -1.35. The van der Waals surface area contributed by atoms with Crippen LogP contribution in [0.3, 0.4) is 0 Å². The smallest absolute Gasteiger partial charge is 0.319 e. The standard InChI is InChI=1S/C22H23Cl2F2N5O/c1-22(2,3)19-18(20(27)31(30-19)17-11-14(25)6-7-16(17)26)29-21(32)28-9-8-12-4-5-13(23)10-15(12)24/h4-7,10-11H,8-9,27H2,1-3H3,(H2,28,29,32). The number of hydrogen-bond acceptors (Lipinski definition) is 3. The van der Waals surface area contributed by atoms with Gasteiger partial charge in [-0.05, 0) is 36.2 Å². The molecule has 0 saturated heterocycles. The molecule has 3 aromatic rings. The molecular weight excluding hydrogens is 459 g/mol. The van der Waals surface area contributed by atoms with Crippen molar-refractivity contribution in [2.24, 2.45) is 0 Å². The minimum absolute atomic E-state index is 0.0182. The number of carbonyl (C=O) groups excluding carboxylic acids is 1. The molecule has 1 aromatic heterocycles. The maximum Gasteiger partial charge on any atom is 0.319 e. The molecule has 0 radical (unpaired) electrons. The fourth-order valence-corrected chi connectivity index (χ4v) is 3.61. The third-order valence-electron chi connectivity index (χ3n) is 4.70. The zero-order valence-electron chi connectivity index (χ0n) is 17.8. The zero-order valence-corrected chi connectivity index (χ0v) is 19.3. The van der Waals surface area contributed by atoms with Crippen LogP contribution in [-0.2, 0) is 11.8 Å². The number of amides is 2. The van der Waals surface area contributed by atoms with Crippen molar-refractivity contribution in [2.45, 2.75) is 32.6 Å². The molecule has 0 aliphatic rings. The van der Waals surface area contributed by atoms with E-state index in [0.717, 1.165) is 28.4 Å². The second kappa shape index (κ2) is 9.34. The lowest BCUT2D eigenvalue weighted by Crippen LogP contribution is -2.31. The van der Waals surface area contributed by atoms with Gasteiger partial charge in [-0.1, -0.05) is 50.0 Å². The van der Waals surface area contributed by atoms with Gasteiger partial charge < -0.3 is 16.4 Å². The number of urea groups is 1. The highest BCUT2D eigenvalue weighted by Gasteiger charge is 2.28. The summed E-state index contributed by atoms with van der Waals surface area (Å²) in [5, 5.41) is 10.8. The zero-order chi connectivity index (χ0) is 23.6. The van der Waals surface area contributed by atoms with E-state index in [1.165, 1.54) is 0 Å². The van der Waals surface area contributed by atoms with Gasteiger partial charge in [-0.25, -0.2) is 18.3 Å². The molecule has 3 rings (SSSR count). The minimum Gasteiger partial charge on any atom is -0.382 e. The molecule has 170 valence electrons. The van der Waals surface area contributed by atoms with Crippen LogP contribution in [0.2, 0.25) is 10.0 Å². The predicted molar refractivity (Wildman–Crippen MR) is 124 cm³/mol. The molecule has 0 aliphatic carbocycles. The summed E-state index contributed by atoms with van der Waals surface area (Å²) in [6, 6.07) is 7.61. The number of nitrogen functional groups attached to an aromatic ring is 1. The van der Waals surface area contributed by atoms with E-state index in [4.69, 9.17) is 28.9 Å². The number of halogens is 4. The van der Waals surface area contributed by atoms with Crippen molar-refractivity contribution < 1.29 is 13.6 Å². The van der Waals surface area contributed by atoms with E-state index in [1.54, 1.807) is 18.2 Å². The number of nitrogens with zero attached hydrogens (tertiary/aromatic N) is 2. The minimum atomic E-state index is -0.697. The highest BCUT2D eigenvalue weighted by Crippen LogP contribution is 2.35. The average molecular weight is 482 g/mol. The highest BCUT2D eigenvalue weighted by molar-refractivity contribution is 6.35. The normalized spacial score (nSPS) is 11.5. The maximum absolute atomic E-state index is 14.3. The first-order chi connectivity index (χ1) is 15.0. The summed E-state index contributed by atoms with van der Waals surface area (Å²) in [4.78, 5) is 12.5. The van der Waals surface area contributed by atoms with Crippen molar-refractivity contribution in [1.82, 2.24) is 15.1 Å². The molecule has 10 heteroatoms. The van der Waals surface area contributed by atoms with Crippen molar-refractivity contribution in [1.29, 1.82) is 0 Å². The number of carbonyl (C=O) groups is 1. The summed E-state index contributed by atoms with van der Waals surface area (Å²) in [6.07, 6.45) is 0.485. The Morgan fingerprint density at radius 3 is 2.53 bits per heavy atom. The lowest BCUT2D eigenvalue weighted by atomic mass is 9.91. The van der Waals surface area contributed by atoms with E-state index in [1.807, 2.05) is 20.8 Å². The monoisotopic (exact) mass is 481 g/mol. The largest absolute Gasteiger partial charge is 0.382 e. The fraction of sp³-hybridized carbons (Fsp3) is 0.273. The number of hydrogen-bond donors (Lipinski definition) is 3. The summed E-state index contributed by atoms with van der Waals surface area (Å²) < 4.78 is 29.1. The third kappa shape index (κ3) is 5.31. The molecule has 0 saturated carbocycles. The Labute approximate surface area is 194 Å². The Morgan fingerprint density at radius 2 is 1.88 bits per heavy atom. The lowest BCUT2D eigenvalue weighted by molar-refractivity contribution is 0.252. The first-order valence-corrected chi connectivity index (χ1v) is 10.6. The second-order valence-corrected chi connectivity index (χ2v) is 9.08. The number of anilines is 2. The Balaban J connectivity index is 1.81. The van der Waals surface area contributed by atoms with Gasteiger partial charge >= 0.3 is 6.03 Å². The molecule has 32 heavy (non-hydrogen) atoms. The molecular formula is C22H23Cl2F2N5O. The van der Waals surface area contributed by atoms with Gasteiger partial charge in [0.2, 0.25) is 0 Å². The van der Waals surface area contributed by atoms with Crippen LogP contribution in [-0.4, -0.2) is 22.4 Å². The molecule has 0 unspecified atom stereocenters. The van der Waals surface area contributed by atoms with E-state index in [2.05, 4.69) is 15.7 Å². The van der Waals surface area contributed by atoms with Crippen molar-refractivity contribution in [3.63, 3.8) is 0 Å². The van der Waals surface area contributed by atoms with Crippen LogP contribution in [0.5, 0.6) is 0 Å². The Hall–Kier alpha value is -2.84. The van der Waals surface area contributed by atoms with Gasteiger partial charge in [0.25, 0.3) is 0 Å². The highest BCUT2D eigenvalue weighted by atomic mass is 35.5. The Morgan fingerprint density at radius 1 is 1.16 bits per heavy atom. The van der Waals surface area contributed by atoms with Gasteiger partial charge in [0.05, 0.1) is 5.69 Å². The van der Waals surface area contributed by atoms with E-state index in [9.17, 15) is 13.6 Å². The first kappa shape index (κ1) is 23.8. The molecule has 0 spiro atoms. The van der Waals surface area contributed by atoms with Crippen molar-refractivity contribution in [3.8, 4) is 5.69 Å². The molecule has 1 heterocycles. The predicted octanol–water partition coefficient (Wildman–Crippen LogP) is 5.70. The number of benzene rings is 2. The molecule has 0 bridgehead atoms. The van der Waals surface area contributed by atoms with E-state index < -0.39 is 23.1 Å². The van der Waals surface area contributed by atoms with Gasteiger partial charge in [0.1, 0.15) is 23.0 Å². The molecule has 6 nitrogen and oxygen atoms in total. The first-order valence-electron chi connectivity index (χ1n) is 9.80. The van der Waals surface area contributed by atoms with Crippen LogP contribution in [0.25, 0.3) is 5.69 Å². The molecule has 0 aliphatic heterocycles. The van der Waals surface area contributed by atoms with Crippen LogP contribution in [0.4, 0.5) is 25.1 Å². The summed E-state index contributed by atoms with van der Waals surface area (Å²) in [7, 11) is 0. The summed E-state index contributed by atoms with van der Waals surface area (Å²) >= 11 is 12.0. The molecule has 0 fully saturated rings. The van der Waals surface area contributed by atoms with Gasteiger partial charge in [-0.3, -0.25) is 0 Å². The van der Waals surface area contributed by atoms with Crippen LogP contribution >= 0.6 is 23.2 Å². The van der Waals surface area contributed by atoms with Gasteiger partial charge in [-0.2, -0.15) is 5.10 Å². The van der Waals surface area contributed by atoms with E-state index >= 15 is 0 Å². The van der Waals surface area contributed by atoms with Crippen molar-refractivity contribution in [3.05, 3.63) is 69.3 Å². The molecule has 2 aromatic carbocycles. The Kier molecular flexibility index (Phi) is 6.95. The maximum atomic E-state index is 14.3. The number of aromatic nitrogens is 2. The van der Waals surface area contributed by atoms with Gasteiger partial charge in [-0.15, -0.1) is 0 Å². The summed E-state index contributed by atoms with van der Waals surface area (Å²) in [6.45, 7) is 5.90. The molecule has 4 N–H and O–H groups in total. The fourth-order valence-electron chi connectivity index (χ4n) is 3.10. The second-order valence-electron chi connectivity index (χ2n) is 8.23. The number of nitrogens with one attached hydrogen (secondary N) is 2.